The van der Waals surface area contributed by atoms with Gasteiger partial charge in [-0.15, -0.1) is 24.0 Å². The summed E-state index contributed by atoms with van der Waals surface area (Å²) >= 11 is 0. The van der Waals surface area contributed by atoms with Crippen LogP contribution in [0.4, 0.5) is 0 Å². The first-order valence-electron chi connectivity index (χ1n) is 8.96. The fourth-order valence-corrected chi connectivity index (χ4v) is 3.31. The highest BCUT2D eigenvalue weighted by atomic mass is 127. The molecule has 1 aliphatic rings. The van der Waals surface area contributed by atoms with Crippen molar-refractivity contribution in [2.45, 2.75) is 39.3 Å². The molecule has 1 aromatic carbocycles. The lowest BCUT2D eigenvalue weighted by atomic mass is 10.0. The van der Waals surface area contributed by atoms with E-state index in [9.17, 15) is 0 Å². The first kappa shape index (κ1) is 22.0. The molecule has 2 rings (SSSR count). The summed E-state index contributed by atoms with van der Waals surface area (Å²) < 4.78 is 5.40. The SMILES string of the molecule is CN=C(NCc1ccccc1OC)NCC(C(C)C)N1CCCC1.I. The van der Waals surface area contributed by atoms with Gasteiger partial charge in [-0.25, -0.2) is 0 Å². The molecule has 0 saturated carbocycles. The second-order valence-corrected chi connectivity index (χ2v) is 6.67. The molecule has 1 aromatic rings. The van der Waals surface area contributed by atoms with Gasteiger partial charge in [-0.1, -0.05) is 32.0 Å². The van der Waals surface area contributed by atoms with E-state index in [-0.39, 0.29) is 24.0 Å². The molecule has 0 aliphatic carbocycles. The van der Waals surface area contributed by atoms with Crippen molar-refractivity contribution >= 4 is 29.9 Å². The quantitative estimate of drug-likeness (QED) is 0.373. The zero-order chi connectivity index (χ0) is 17.4. The molecule has 0 spiro atoms. The van der Waals surface area contributed by atoms with Crippen LogP contribution in [0, 0.1) is 5.92 Å². The van der Waals surface area contributed by atoms with Crippen LogP contribution in [0.15, 0.2) is 29.3 Å². The molecular formula is C19H33IN4O. The van der Waals surface area contributed by atoms with Gasteiger partial charge in [0.25, 0.3) is 0 Å². The maximum absolute atomic E-state index is 5.40. The molecule has 6 heteroatoms. The number of para-hydroxylation sites is 1. The van der Waals surface area contributed by atoms with Crippen molar-refractivity contribution in [3.63, 3.8) is 0 Å². The summed E-state index contributed by atoms with van der Waals surface area (Å²) in [6.45, 7) is 8.66. The molecule has 2 N–H and O–H groups in total. The van der Waals surface area contributed by atoms with Crippen molar-refractivity contribution in [1.29, 1.82) is 0 Å². The van der Waals surface area contributed by atoms with Crippen LogP contribution in [-0.4, -0.2) is 50.7 Å². The molecule has 1 unspecified atom stereocenters. The van der Waals surface area contributed by atoms with Crippen molar-refractivity contribution in [3.05, 3.63) is 29.8 Å². The summed E-state index contributed by atoms with van der Waals surface area (Å²) in [4.78, 5) is 6.95. The highest BCUT2D eigenvalue weighted by molar-refractivity contribution is 14.0. The molecule has 1 aliphatic heterocycles. The molecule has 1 saturated heterocycles. The third-order valence-electron chi connectivity index (χ3n) is 4.72. The number of halogens is 1. The van der Waals surface area contributed by atoms with Crippen molar-refractivity contribution in [1.82, 2.24) is 15.5 Å². The Morgan fingerprint density at radius 3 is 2.48 bits per heavy atom. The third kappa shape index (κ3) is 6.66. The largest absolute Gasteiger partial charge is 0.496 e. The van der Waals surface area contributed by atoms with Gasteiger partial charge in [-0.3, -0.25) is 9.89 Å². The number of benzene rings is 1. The van der Waals surface area contributed by atoms with Gasteiger partial charge in [0, 0.05) is 31.7 Å². The summed E-state index contributed by atoms with van der Waals surface area (Å²) in [6, 6.07) is 8.61. The van der Waals surface area contributed by atoms with E-state index in [1.807, 2.05) is 25.2 Å². The number of hydrogen-bond donors (Lipinski definition) is 2. The molecule has 5 nitrogen and oxygen atoms in total. The van der Waals surface area contributed by atoms with Crippen LogP contribution in [0.5, 0.6) is 5.75 Å². The molecule has 25 heavy (non-hydrogen) atoms. The van der Waals surface area contributed by atoms with E-state index >= 15 is 0 Å². The maximum atomic E-state index is 5.40. The van der Waals surface area contributed by atoms with Crippen LogP contribution >= 0.6 is 24.0 Å². The number of aliphatic imine (C=N–C) groups is 1. The van der Waals surface area contributed by atoms with E-state index in [1.165, 1.54) is 25.9 Å². The number of ether oxygens (including phenoxy) is 1. The highest BCUT2D eigenvalue weighted by Crippen LogP contribution is 2.18. The maximum Gasteiger partial charge on any atom is 0.191 e. The van der Waals surface area contributed by atoms with Crippen LogP contribution in [0.25, 0.3) is 0 Å². The highest BCUT2D eigenvalue weighted by Gasteiger charge is 2.24. The lowest BCUT2D eigenvalue weighted by molar-refractivity contribution is 0.192. The minimum atomic E-state index is 0. The van der Waals surface area contributed by atoms with Crippen LogP contribution in [0.2, 0.25) is 0 Å². The van der Waals surface area contributed by atoms with Gasteiger partial charge in [0.2, 0.25) is 0 Å². The van der Waals surface area contributed by atoms with E-state index in [0.717, 1.165) is 23.8 Å². The summed E-state index contributed by atoms with van der Waals surface area (Å²) in [6.07, 6.45) is 2.65. The summed E-state index contributed by atoms with van der Waals surface area (Å²) in [5, 5.41) is 6.88. The predicted molar refractivity (Wildman–Crippen MR) is 116 cm³/mol. The average molecular weight is 460 g/mol. The topological polar surface area (TPSA) is 48.9 Å². The Hall–Kier alpha value is -1.02. The normalized spacial score (nSPS) is 16.4. The zero-order valence-corrected chi connectivity index (χ0v) is 18.2. The second kappa shape index (κ2) is 11.6. The van der Waals surface area contributed by atoms with Crippen LogP contribution in [0.3, 0.4) is 0 Å². The molecule has 0 amide bonds. The predicted octanol–water partition coefficient (Wildman–Crippen LogP) is 3.10. The van der Waals surface area contributed by atoms with Gasteiger partial charge in [0.15, 0.2) is 5.96 Å². The van der Waals surface area contributed by atoms with Crippen LogP contribution < -0.4 is 15.4 Å². The van der Waals surface area contributed by atoms with Gasteiger partial charge in [0.1, 0.15) is 5.75 Å². The average Bonchev–Trinajstić information content (AvgIpc) is 3.12. The number of likely N-dealkylation sites (tertiary alicyclic amines) is 1. The Labute approximate surface area is 169 Å². The summed E-state index contributed by atoms with van der Waals surface area (Å²) in [5.74, 6) is 2.37. The third-order valence-corrected chi connectivity index (χ3v) is 4.72. The summed E-state index contributed by atoms with van der Waals surface area (Å²) in [7, 11) is 3.52. The molecule has 0 bridgehead atoms. The Morgan fingerprint density at radius 2 is 1.88 bits per heavy atom. The van der Waals surface area contributed by atoms with E-state index in [1.54, 1.807) is 7.11 Å². The fourth-order valence-electron chi connectivity index (χ4n) is 3.31. The van der Waals surface area contributed by atoms with Gasteiger partial charge < -0.3 is 15.4 Å². The first-order valence-corrected chi connectivity index (χ1v) is 8.96. The number of guanidine groups is 1. The molecule has 0 radical (unpaired) electrons. The smallest absolute Gasteiger partial charge is 0.191 e. The fraction of sp³-hybridized carbons (Fsp3) is 0.632. The standard InChI is InChI=1S/C19H32N4O.HI/c1-15(2)17(23-11-7-8-12-23)14-22-19(20-3)21-13-16-9-5-6-10-18(16)24-4;/h5-6,9-10,15,17H,7-8,11-14H2,1-4H3,(H2,20,21,22);1H. The van der Waals surface area contributed by atoms with E-state index in [2.05, 4.69) is 40.4 Å². The monoisotopic (exact) mass is 460 g/mol. The first-order chi connectivity index (χ1) is 11.7. The number of methoxy groups -OCH3 is 1. The van der Waals surface area contributed by atoms with Crippen molar-refractivity contribution in [2.75, 3.05) is 33.8 Å². The molecule has 0 aromatic heterocycles. The Kier molecular flexibility index (Phi) is 10.2. The van der Waals surface area contributed by atoms with Crippen molar-refractivity contribution in [3.8, 4) is 5.75 Å². The molecule has 142 valence electrons. The minimum Gasteiger partial charge on any atom is -0.496 e. The Balaban J connectivity index is 0.00000312. The molecular weight excluding hydrogens is 427 g/mol. The van der Waals surface area contributed by atoms with E-state index in [4.69, 9.17) is 4.74 Å². The summed E-state index contributed by atoms with van der Waals surface area (Å²) in [5.41, 5.74) is 1.13. The molecule has 1 heterocycles. The van der Waals surface area contributed by atoms with Gasteiger partial charge in [-0.2, -0.15) is 0 Å². The lowest BCUT2D eigenvalue weighted by Gasteiger charge is -2.31. The lowest BCUT2D eigenvalue weighted by Crippen LogP contribution is -2.48. The van der Waals surface area contributed by atoms with Crippen molar-refractivity contribution < 1.29 is 4.74 Å². The van der Waals surface area contributed by atoms with E-state index in [0.29, 0.717) is 18.5 Å². The van der Waals surface area contributed by atoms with Crippen LogP contribution in [-0.2, 0) is 6.54 Å². The van der Waals surface area contributed by atoms with E-state index < -0.39 is 0 Å². The molecule has 1 fully saturated rings. The van der Waals surface area contributed by atoms with Crippen molar-refractivity contribution in [2.24, 2.45) is 10.9 Å². The zero-order valence-electron chi connectivity index (χ0n) is 15.9. The number of nitrogens with zero attached hydrogens (tertiary/aromatic N) is 2. The van der Waals surface area contributed by atoms with Gasteiger partial charge >= 0.3 is 0 Å². The number of rotatable bonds is 7. The Bertz CT molecular complexity index is 530. The number of hydrogen-bond acceptors (Lipinski definition) is 3. The van der Waals surface area contributed by atoms with Crippen LogP contribution in [0.1, 0.15) is 32.3 Å². The van der Waals surface area contributed by atoms with Gasteiger partial charge in [0.05, 0.1) is 7.11 Å². The second-order valence-electron chi connectivity index (χ2n) is 6.67. The molecule has 1 atom stereocenters. The van der Waals surface area contributed by atoms with Gasteiger partial charge in [-0.05, 0) is 37.9 Å². The minimum absolute atomic E-state index is 0. The Morgan fingerprint density at radius 1 is 1.20 bits per heavy atom. The number of nitrogens with one attached hydrogen (secondary N) is 2.